The molecule has 1 aliphatic carbocycles. The van der Waals surface area contributed by atoms with Crippen molar-refractivity contribution in [3.8, 4) is 0 Å². The summed E-state index contributed by atoms with van der Waals surface area (Å²) in [5, 5.41) is 0. The number of halogens is 2. The molecule has 70 valence electrons. The van der Waals surface area contributed by atoms with Crippen molar-refractivity contribution in [2.75, 3.05) is 0 Å². The number of alkyl halides is 2. The summed E-state index contributed by atoms with van der Waals surface area (Å²) in [6.45, 7) is 0. The van der Waals surface area contributed by atoms with Gasteiger partial charge in [-0.2, -0.15) is 0 Å². The van der Waals surface area contributed by atoms with E-state index in [2.05, 4.69) is 36.6 Å². The Hall–Kier alpha value is -0.160. The average Bonchev–Trinajstić information content (AvgIpc) is 2.31. The molecular weight excluding hydrogens is 304 g/mol. The third-order valence-electron chi connectivity index (χ3n) is 2.23. The third-order valence-corrected chi connectivity index (χ3v) is 4.87. The van der Waals surface area contributed by atoms with Crippen LogP contribution >= 0.6 is 31.9 Å². The highest BCUT2D eigenvalue weighted by atomic mass is 79.9. The first kappa shape index (κ1) is 9.40. The fraction of sp³-hybridized carbons (Fsp3) is 0.500. The van der Waals surface area contributed by atoms with E-state index in [0.717, 1.165) is 0 Å². The van der Waals surface area contributed by atoms with Crippen LogP contribution in [0.2, 0.25) is 0 Å². The predicted molar refractivity (Wildman–Crippen MR) is 52.8 cm³/mol. The van der Waals surface area contributed by atoms with Crippen LogP contribution in [0.5, 0.6) is 0 Å². The van der Waals surface area contributed by atoms with Crippen LogP contribution in [-0.2, 0) is 14.3 Å². The lowest BCUT2D eigenvalue weighted by Gasteiger charge is -2.21. The van der Waals surface area contributed by atoms with Gasteiger partial charge < -0.3 is 4.74 Å². The van der Waals surface area contributed by atoms with Gasteiger partial charge >= 0.3 is 11.9 Å². The Balaban J connectivity index is 2.36. The monoisotopic (exact) mass is 308 g/mol. The summed E-state index contributed by atoms with van der Waals surface area (Å²) >= 11 is 6.87. The van der Waals surface area contributed by atoms with E-state index in [1.54, 1.807) is 0 Å². The first-order valence-corrected chi connectivity index (χ1v) is 5.69. The van der Waals surface area contributed by atoms with Crippen LogP contribution in [0.15, 0.2) is 11.1 Å². The van der Waals surface area contributed by atoms with Gasteiger partial charge in [-0.05, 0) is 12.8 Å². The first-order valence-electron chi connectivity index (χ1n) is 3.86. The molecule has 2 atom stereocenters. The number of hydrogen-bond donors (Lipinski definition) is 0. The van der Waals surface area contributed by atoms with Crippen molar-refractivity contribution >= 4 is 43.8 Å². The van der Waals surface area contributed by atoms with E-state index < -0.39 is 11.9 Å². The summed E-state index contributed by atoms with van der Waals surface area (Å²) < 4.78 is 4.51. The van der Waals surface area contributed by atoms with E-state index in [1.165, 1.54) is 0 Å². The van der Waals surface area contributed by atoms with Crippen molar-refractivity contribution in [3.63, 3.8) is 0 Å². The Morgan fingerprint density at radius 1 is 1.00 bits per heavy atom. The highest BCUT2D eigenvalue weighted by molar-refractivity contribution is 9.12. The standard InChI is InChI=1S/C8H6Br2O3/c9-5-1-3-4(2-6(5)10)8(12)13-7(3)11/h5-6H,1-2H2/t5-,6-/m1/s1. The smallest absolute Gasteiger partial charge is 0.342 e. The molecule has 1 aliphatic heterocycles. The Morgan fingerprint density at radius 3 is 1.77 bits per heavy atom. The number of carbonyl (C=O) groups is 2. The summed E-state index contributed by atoms with van der Waals surface area (Å²) in [6, 6.07) is 0. The number of rotatable bonds is 0. The molecular formula is C8H6Br2O3. The minimum Gasteiger partial charge on any atom is -0.386 e. The normalized spacial score (nSPS) is 33.4. The number of cyclic esters (lactones) is 2. The van der Waals surface area contributed by atoms with E-state index >= 15 is 0 Å². The number of carbonyl (C=O) groups excluding carboxylic acids is 2. The van der Waals surface area contributed by atoms with Gasteiger partial charge in [-0.3, -0.25) is 0 Å². The van der Waals surface area contributed by atoms with Crippen LogP contribution in [0.1, 0.15) is 12.8 Å². The minimum atomic E-state index is -0.469. The fourth-order valence-electron chi connectivity index (χ4n) is 1.51. The molecule has 0 N–H and O–H groups in total. The average molecular weight is 310 g/mol. The molecule has 0 aromatic carbocycles. The molecule has 5 heteroatoms. The Labute approximate surface area is 91.8 Å². The molecule has 0 bridgehead atoms. The molecule has 0 saturated heterocycles. The number of hydrogen-bond acceptors (Lipinski definition) is 3. The van der Waals surface area contributed by atoms with E-state index in [4.69, 9.17) is 0 Å². The molecule has 2 rings (SSSR count). The lowest BCUT2D eigenvalue weighted by Crippen LogP contribution is -2.22. The molecule has 1 heterocycles. The quantitative estimate of drug-likeness (QED) is 0.388. The summed E-state index contributed by atoms with van der Waals surface area (Å²) in [4.78, 5) is 22.7. The highest BCUT2D eigenvalue weighted by Gasteiger charge is 2.39. The molecule has 0 unspecified atom stereocenters. The maximum Gasteiger partial charge on any atom is 0.342 e. The van der Waals surface area contributed by atoms with Crippen molar-refractivity contribution < 1.29 is 14.3 Å². The Bertz CT molecular complexity index is 291. The first-order chi connectivity index (χ1) is 6.09. The van der Waals surface area contributed by atoms with Gasteiger partial charge in [0.15, 0.2) is 0 Å². The zero-order valence-corrected chi connectivity index (χ0v) is 9.72. The SMILES string of the molecule is O=C1OC(=O)C2=C1C[C@@H](Br)[C@H](Br)C2. The van der Waals surface area contributed by atoms with Gasteiger partial charge in [0, 0.05) is 20.8 Å². The molecule has 0 aromatic heterocycles. The maximum atomic E-state index is 11.1. The Morgan fingerprint density at radius 2 is 1.38 bits per heavy atom. The lowest BCUT2D eigenvalue weighted by atomic mass is 9.93. The Kier molecular flexibility index (Phi) is 2.32. The molecule has 0 saturated carbocycles. The van der Waals surface area contributed by atoms with Gasteiger partial charge in [0.2, 0.25) is 0 Å². The second kappa shape index (κ2) is 3.20. The van der Waals surface area contributed by atoms with Gasteiger partial charge in [-0.15, -0.1) is 0 Å². The summed E-state index contributed by atoms with van der Waals surface area (Å²) in [5.41, 5.74) is 1.09. The van der Waals surface area contributed by atoms with Crippen LogP contribution < -0.4 is 0 Å². The van der Waals surface area contributed by atoms with E-state index in [9.17, 15) is 9.59 Å². The number of ether oxygens (including phenoxy) is 1. The molecule has 13 heavy (non-hydrogen) atoms. The predicted octanol–water partition coefficient (Wildman–Crippen LogP) is 1.69. The van der Waals surface area contributed by atoms with E-state index in [1.807, 2.05) is 0 Å². The largest absolute Gasteiger partial charge is 0.386 e. The van der Waals surface area contributed by atoms with Gasteiger partial charge in [-0.1, -0.05) is 31.9 Å². The second-order valence-electron chi connectivity index (χ2n) is 3.07. The van der Waals surface area contributed by atoms with Crippen molar-refractivity contribution in [1.29, 1.82) is 0 Å². The fourth-order valence-corrected chi connectivity index (χ4v) is 2.53. The summed E-state index contributed by atoms with van der Waals surface area (Å²) in [6.07, 6.45) is 1.13. The van der Waals surface area contributed by atoms with Gasteiger partial charge in [-0.25, -0.2) is 9.59 Å². The maximum absolute atomic E-state index is 11.1. The molecule has 2 aliphatic rings. The van der Waals surface area contributed by atoms with Crippen LogP contribution in [0.25, 0.3) is 0 Å². The van der Waals surface area contributed by atoms with Gasteiger partial charge in [0.05, 0.1) is 0 Å². The molecule has 0 radical (unpaired) electrons. The van der Waals surface area contributed by atoms with Crippen molar-refractivity contribution in [2.24, 2.45) is 0 Å². The molecule has 0 fully saturated rings. The molecule has 3 nitrogen and oxygen atoms in total. The van der Waals surface area contributed by atoms with Crippen molar-refractivity contribution in [3.05, 3.63) is 11.1 Å². The molecule has 0 aromatic rings. The van der Waals surface area contributed by atoms with Crippen LogP contribution in [-0.4, -0.2) is 21.6 Å². The van der Waals surface area contributed by atoms with Crippen molar-refractivity contribution in [1.82, 2.24) is 0 Å². The summed E-state index contributed by atoms with van der Waals surface area (Å²) in [5.74, 6) is -0.937. The van der Waals surface area contributed by atoms with Crippen molar-refractivity contribution in [2.45, 2.75) is 22.5 Å². The molecule has 0 amide bonds. The van der Waals surface area contributed by atoms with Crippen LogP contribution in [0.4, 0.5) is 0 Å². The van der Waals surface area contributed by atoms with Gasteiger partial charge in [0.1, 0.15) is 0 Å². The van der Waals surface area contributed by atoms with Gasteiger partial charge in [0.25, 0.3) is 0 Å². The lowest BCUT2D eigenvalue weighted by molar-refractivity contribution is -0.151. The van der Waals surface area contributed by atoms with Crippen LogP contribution in [0, 0.1) is 0 Å². The highest BCUT2D eigenvalue weighted by Crippen LogP contribution is 2.37. The van der Waals surface area contributed by atoms with Crippen LogP contribution in [0.3, 0.4) is 0 Å². The summed E-state index contributed by atoms with van der Waals surface area (Å²) in [7, 11) is 0. The zero-order chi connectivity index (χ0) is 9.59. The second-order valence-corrected chi connectivity index (χ2v) is 5.43. The third kappa shape index (κ3) is 1.48. The topological polar surface area (TPSA) is 43.4 Å². The molecule has 0 spiro atoms. The zero-order valence-electron chi connectivity index (χ0n) is 6.55. The van der Waals surface area contributed by atoms with E-state index in [0.29, 0.717) is 24.0 Å². The van der Waals surface area contributed by atoms with E-state index in [-0.39, 0.29) is 9.65 Å². The minimum absolute atomic E-state index is 0.199. The number of esters is 2.